The Balaban J connectivity index is 2.31. The first-order chi connectivity index (χ1) is 9.83. The van der Waals surface area contributed by atoms with Gasteiger partial charge in [0.25, 0.3) is 10.0 Å². The van der Waals surface area contributed by atoms with Gasteiger partial charge >= 0.3 is 0 Å². The van der Waals surface area contributed by atoms with Crippen molar-refractivity contribution in [2.75, 3.05) is 10.5 Å². The molecule has 2 rings (SSSR count). The van der Waals surface area contributed by atoms with Gasteiger partial charge in [0, 0.05) is 12.7 Å². The monoisotopic (exact) mass is 376 g/mol. The van der Waals surface area contributed by atoms with E-state index in [4.69, 9.17) is 5.73 Å². The summed E-state index contributed by atoms with van der Waals surface area (Å²) in [6.07, 6.45) is 2.16. The topological polar surface area (TPSA) is 90.0 Å². The lowest BCUT2D eigenvalue weighted by molar-refractivity contribution is 0.595. The summed E-state index contributed by atoms with van der Waals surface area (Å²) in [5.74, 6) is -0.654. The highest BCUT2D eigenvalue weighted by Gasteiger charge is 2.21. The number of aryl methyl sites for hydroxylation is 1. The first kappa shape index (κ1) is 15.8. The van der Waals surface area contributed by atoms with Crippen LogP contribution in [0.15, 0.2) is 33.8 Å². The van der Waals surface area contributed by atoms with Crippen LogP contribution in [0.4, 0.5) is 15.9 Å². The Kier molecular flexibility index (Phi) is 4.52. The van der Waals surface area contributed by atoms with Crippen molar-refractivity contribution >= 4 is 37.5 Å². The summed E-state index contributed by atoms with van der Waals surface area (Å²) in [6, 6.07) is 3.93. The molecule has 0 aliphatic carbocycles. The van der Waals surface area contributed by atoms with Crippen LogP contribution in [0, 0.1) is 5.82 Å². The van der Waals surface area contributed by atoms with Crippen LogP contribution in [0.5, 0.6) is 0 Å². The van der Waals surface area contributed by atoms with E-state index >= 15 is 0 Å². The molecule has 0 fully saturated rings. The van der Waals surface area contributed by atoms with Crippen LogP contribution in [0.3, 0.4) is 0 Å². The number of hydrogen-bond donors (Lipinski definition) is 2. The van der Waals surface area contributed by atoms with E-state index in [1.165, 1.54) is 23.0 Å². The van der Waals surface area contributed by atoms with Crippen molar-refractivity contribution in [2.24, 2.45) is 0 Å². The summed E-state index contributed by atoms with van der Waals surface area (Å²) in [5, 5.41) is 3.93. The number of rotatable bonds is 5. The van der Waals surface area contributed by atoms with Crippen molar-refractivity contribution in [2.45, 2.75) is 24.8 Å². The van der Waals surface area contributed by atoms with Gasteiger partial charge in [0.2, 0.25) is 0 Å². The predicted octanol–water partition coefficient (Wildman–Crippen LogP) is 2.58. The van der Waals surface area contributed by atoms with E-state index in [2.05, 4.69) is 25.8 Å². The summed E-state index contributed by atoms with van der Waals surface area (Å²) in [7, 11) is -3.91. The Hall–Kier alpha value is -1.61. The van der Waals surface area contributed by atoms with Crippen molar-refractivity contribution < 1.29 is 12.8 Å². The molecule has 0 atom stereocenters. The van der Waals surface area contributed by atoms with Crippen LogP contribution in [-0.2, 0) is 16.6 Å². The second-order valence-corrected chi connectivity index (χ2v) is 6.88. The Bertz CT molecular complexity index is 761. The number of sulfonamides is 1. The molecule has 21 heavy (non-hydrogen) atoms. The summed E-state index contributed by atoms with van der Waals surface area (Å²) >= 11 is 3.00. The van der Waals surface area contributed by atoms with Gasteiger partial charge in [-0.05, 0) is 40.5 Å². The van der Waals surface area contributed by atoms with Gasteiger partial charge in [-0.15, -0.1) is 0 Å². The molecule has 0 radical (unpaired) electrons. The average Bonchev–Trinajstić information content (AvgIpc) is 2.76. The summed E-state index contributed by atoms with van der Waals surface area (Å²) < 4.78 is 41.9. The van der Waals surface area contributed by atoms with Gasteiger partial charge in [0.05, 0.1) is 10.2 Å². The number of anilines is 2. The molecule has 1 heterocycles. The van der Waals surface area contributed by atoms with Gasteiger partial charge in [-0.25, -0.2) is 12.8 Å². The molecule has 0 saturated heterocycles. The Morgan fingerprint density at radius 1 is 1.48 bits per heavy atom. The molecule has 0 aliphatic rings. The van der Waals surface area contributed by atoms with E-state index in [0.717, 1.165) is 12.5 Å². The summed E-state index contributed by atoms with van der Waals surface area (Å²) in [4.78, 5) is -0.126. The third-order valence-electron chi connectivity index (χ3n) is 2.67. The number of aromatic nitrogens is 2. The van der Waals surface area contributed by atoms with Crippen LogP contribution < -0.4 is 10.5 Å². The van der Waals surface area contributed by atoms with Crippen molar-refractivity contribution in [1.29, 1.82) is 0 Å². The van der Waals surface area contributed by atoms with Gasteiger partial charge in [-0.2, -0.15) is 5.10 Å². The van der Waals surface area contributed by atoms with Gasteiger partial charge in [-0.3, -0.25) is 9.40 Å². The number of halogens is 2. The molecular formula is C12H14BrFN4O2S. The molecule has 0 spiro atoms. The van der Waals surface area contributed by atoms with Crippen molar-refractivity contribution in [3.63, 3.8) is 0 Å². The fourth-order valence-corrected chi connectivity index (χ4v) is 3.11. The zero-order valence-electron chi connectivity index (χ0n) is 11.2. The van der Waals surface area contributed by atoms with Crippen LogP contribution in [0.25, 0.3) is 0 Å². The number of nitrogens with one attached hydrogen (secondary N) is 1. The molecule has 9 heteroatoms. The second kappa shape index (κ2) is 6.02. The van der Waals surface area contributed by atoms with Crippen LogP contribution in [-0.4, -0.2) is 18.2 Å². The molecule has 2 aromatic rings. The smallest absolute Gasteiger partial charge is 0.267 e. The first-order valence-electron chi connectivity index (χ1n) is 6.14. The predicted molar refractivity (Wildman–Crippen MR) is 81.8 cm³/mol. The van der Waals surface area contributed by atoms with Crippen molar-refractivity contribution in [3.8, 4) is 0 Å². The highest BCUT2D eigenvalue weighted by Crippen LogP contribution is 2.23. The molecule has 0 amide bonds. The second-order valence-electron chi connectivity index (χ2n) is 4.38. The van der Waals surface area contributed by atoms with Crippen molar-refractivity contribution in [3.05, 3.63) is 34.7 Å². The molecule has 0 bridgehead atoms. The summed E-state index contributed by atoms with van der Waals surface area (Å²) in [6.45, 7) is 2.50. The molecule has 1 aromatic heterocycles. The molecule has 3 N–H and O–H groups in total. The van der Waals surface area contributed by atoms with Crippen molar-refractivity contribution in [1.82, 2.24) is 9.78 Å². The third kappa shape index (κ3) is 3.53. The van der Waals surface area contributed by atoms with Gasteiger partial charge in [-0.1, -0.05) is 6.92 Å². The minimum Gasteiger partial charge on any atom is -0.381 e. The number of hydrogen-bond acceptors (Lipinski definition) is 4. The Morgan fingerprint density at radius 2 is 2.19 bits per heavy atom. The van der Waals surface area contributed by atoms with E-state index < -0.39 is 15.8 Å². The maximum atomic E-state index is 13.4. The maximum absolute atomic E-state index is 13.4. The van der Waals surface area contributed by atoms with E-state index in [9.17, 15) is 12.8 Å². The zero-order valence-corrected chi connectivity index (χ0v) is 13.6. The van der Waals surface area contributed by atoms with E-state index in [0.29, 0.717) is 6.54 Å². The summed E-state index contributed by atoms with van der Waals surface area (Å²) in [5.41, 5.74) is 5.74. The highest BCUT2D eigenvalue weighted by atomic mass is 79.9. The molecule has 0 saturated carbocycles. The SMILES string of the molecule is CCCn1cc(S(=O)(=O)Nc2ccc(Br)c(F)c2)c(N)n1. The molecule has 0 unspecified atom stereocenters. The molecule has 6 nitrogen and oxygen atoms in total. The fourth-order valence-electron chi connectivity index (χ4n) is 1.74. The number of nitrogens with zero attached hydrogens (tertiary/aromatic N) is 2. The third-order valence-corrected chi connectivity index (χ3v) is 4.71. The fraction of sp³-hybridized carbons (Fsp3) is 0.250. The van der Waals surface area contributed by atoms with E-state index in [1.807, 2.05) is 6.92 Å². The minimum atomic E-state index is -3.91. The lowest BCUT2D eigenvalue weighted by Crippen LogP contribution is -2.14. The van der Waals surface area contributed by atoms with Crippen LogP contribution in [0.2, 0.25) is 0 Å². The lowest BCUT2D eigenvalue weighted by atomic mass is 10.3. The quantitative estimate of drug-likeness (QED) is 0.838. The standard InChI is InChI=1S/C12H14BrFN4O2S/c1-2-5-18-7-11(12(15)16-18)21(19,20)17-8-3-4-9(13)10(14)6-8/h3-4,6-7,17H,2,5H2,1H3,(H2,15,16). The molecule has 1 aromatic carbocycles. The largest absolute Gasteiger partial charge is 0.381 e. The van der Waals surface area contributed by atoms with Gasteiger partial charge < -0.3 is 5.73 Å². The Morgan fingerprint density at radius 3 is 2.81 bits per heavy atom. The number of nitrogen functional groups attached to an aromatic ring is 1. The lowest BCUT2D eigenvalue weighted by Gasteiger charge is -2.07. The van der Waals surface area contributed by atoms with Gasteiger partial charge in [0.1, 0.15) is 10.7 Å². The van der Waals surface area contributed by atoms with Crippen LogP contribution >= 0.6 is 15.9 Å². The highest BCUT2D eigenvalue weighted by molar-refractivity contribution is 9.10. The number of benzene rings is 1. The maximum Gasteiger partial charge on any atom is 0.267 e. The van der Waals surface area contributed by atoms with E-state index in [1.54, 1.807) is 0 Å². The molecule has 0 aliphatic heterocycles. The molecular weight excluding hydrogens is 363 g/mol. The average molecular weight is 377 g/mol. The first-order valence-corrected chi connectivity index (χ1v) is 8.42. The molecule has 114 valence electrons. The Labute approximate surface area is 130 Å². The van der Waals surface area contributed by atoms with Gasteiger partial charge in [0.15, 0.2) is 5.82 Å². The zero-order chi connectivity index (χ0) is 15.6. The van der Waals surface area contributed by atoms with Crippen LogP contribution in [0.1, 0.15) is 13.3 Å². The normalized spacial score (nSPS) is 11.6. The number of nitrogens with two attached hydrogens (primary N) is 1. The van der Waals surface area contributed by atoms with E-state index in [-0.39, 0.29) is 20.9 Å². The minimum absolute atomic E-state index is 0.0893.